The van der Waals surface area contributed by atoms with Gasteiger partial charge in [-0.2, -0.15) is 0 Å². The van der Waals surface area contributed by atoms with Crippen LogP contribution in [0.4, 0.5) is 0 Å². The lowest BCUT2D eigenvalue weighted by atomic mass is 9.71. The highest BCUT2D eigenvalue weighted by Crippen LogP contribution is 2.42. The summed E-state index contributed by atoms with van der Waals surface area (Å²) in [5.74, 6) is 0.888. The second-order valence-electron chi connectivity index (χ2n) is 4.89. The summed E-state index contributed by atoms with van der Waals surface area (Å²) >= 11 is 0. The van der Waals surface area contributed by atoms with Gasteiger partial charge in [-0.3, -0.25) is 0 Å². The van der Waals surface area contributed by atoms with E-state index in [4.69, 9.17) is 4.74 Å². The molecule has 1 unspecified atom stereocenters. The van der Waals surface area contributed by atoms with Gasteiger partial charge in [0.25, 0.3) is 0 Å². The highest BCUT2D eigenvalue weighted by atomic mass is 16.6. The number of rotatable bonds is 1. The van der Waals surface area contributed by atoms with E-state index in [0.717, 1.165) is 12.5 Å². The first-order valence-electron chi connectivity index (χ1n) is 4.79. The largest absolute Gasteiger partial charge is 0.373 e. The second-order valence-corrected chi connectivity index (χ2v) is 4.89. The second kappa shape index (κ2) is 2.48. The van der Waals surface area contributed by atoms with Gasteiger partial charge in [0.1, 0.15) is 0 Å². The Balaban J connectivity index is 1.92. The number of hydrogen-bond donors (Lipinski definition) is 0. The first-order valence-corrected chi connectivity index (χ1v) is 4.79. The lowest BCUT2D eigenvalue weighted by molar-refractivity contribution is 0.153. The molecule has 1 nitrogen and oxygen atoms in total. The molecule has 0 bridgehead atoms. The maximum Gasteiger partial charge on any atom is 0.0838 e. The highest BCUT2D eigenvalue weighted by molar-refractivity contribution is 4.87. The normalized spacial score (nSPS) is 42.0. The van der Waals surface area contributed by atoms with Gasteiger partial charge in [-0.25, -0.2) is 0 Å². The van der Waals surface area contributed by atoms with Crippen LogP contribution in [0.5, 0.6) is 0 Å². The maximum atomic E-state index is 5.34. The Morgan fingerprint density at radius 1 is 1.36 bits per heavy atom. The molecule has 0 aromatic rings. The van der Waals surface area contributed by atoms with Crippen molar-refractivity contribution in [1.82, 2.24) is 0 Å². The van der Waals surface area contributed by atoms with E-state index in [1.807, 2.05) is 0 Å². The molecule has 1 aliphatic heterocycles. The van der Waals surface area contributed by atoms with Gasteiger partial charge in [-0.1, -0.05) is 20.3 Å². The molecule has 2 fully saturated rings. The van der Waals surface area contributed by atoms with Crippen LogP contribution in [-0.4, -0.2) is 12.7 Å². The van der Waals surface area contributed by atoms with Crippen molar-refractivity contribution in [3.8, 4) is 0 Å². The van der Waals surface area contributed by atoms with Gasteiger partial charge in [-0.15, -0.1) is 0 Å². The minimum atomic E-state index is 0.592. The minimum absolute atomic E-state index is 0.592. The summed E-state index contributed by atoms with van der Waals surface area (Å²) in [7, 11) is 0. The van der Waals surface area contributed by atoms with Crippen LogP contribution in [-0.2, 0) is 4.74 Å². The average molecular weight is 154 g/mol. The van der Waals surface area contributed by atoms with Crippen molar-refractivity contribution < 1.29 is 4.74 Å². The summed E-state index contributed by atoms with van der Waals surface area (Å²) in [5, 5.41) is 0. The Morgan fingerprint density at radius 3 is 2.64 bits per heavy atom. The smallest absolute Gasteiger partial charge is 0.0838 e. The summed E-state index contributed by atoms with van der Waals surface area (Å²) in [6.45, 7) is 5.82. The number of epoxide rings is 1. The highest BCUT2D eigenvalue weighted by Gasteiger charge is 2.38. The molecular weight excluding hydrogens is 136 g/mol. The number of ether oxygens (including phenoxy) is 1. The van der Waals surface area contributed by atoms with E-state index in [-0.39, 0.29) is 0 Å². The fourth-order valence-corrected chi connectivity index (χ4v) is 2.40. The third-order valence-electron chi connectivity index (χ3n) is 3.13. The van der Waals surface area contributed by atoms with Gasteiger partial charge >= 0.3 is 0 Å². The quantitative estimate of drug-likeness (QED) is 0.529. The van der Waals surface area contributed by atoms with Crippen molar-refractivity contribution in [1.29, 1.82) is 0 Å². The summed E-state index contributed by atoms with van der Waals surface area (Å²) < 4.78 is 5.34. The molecule has 11 heavy (non-hydrogen) atoms. The molecule has 1 saturated carbocycles. The molecule has 0 amide bonds. The molecule has 2 atom stereocenters. The average Bonchev–Trinajstić information content (AvgIpc) is 2.65. The molecule has 2 rings (SSSR count). The van der Waals surface area contributed by atoms with E-state index < -0.39 is 0 Å². The molecule has 64 valence electrons. The first-order chi connectivity index (χ1) is 5.17. The van der Waals surface area contributed by atoms with Gasteiger partial charge in [-0.05, 0) is 30.6 Å². The van der Waals surface area contributed by atoms with Crippen molar-refractivity contribution in [2.24, 2.45) is 11.3 Å². The predicted molar refractivity (Wildman–Crippen MR) is 45.5 cm³/mol. The maximum absolute atomic E-state index is 5.34. The molecule has 2 aliphatic rings. The molecule has 0 N–H and O–H groups in total. The van der Waals surface area contributed by atoms with E-state index in [0.29, 0.717) is 11.5 Å². The molecule has 1 aliphatic carbocycles. The molecule has 0 aromatic heterocycles. The van der Waals surface area contributed by atoms with Gasteiger partial charge in [0.05, 0.1) is 12.7 Å². The Labute approximate surface area is 69.1 Å². The van der Waals surface area contributed by atoms with Gasteiger partial charge in [0, 0.05) is 0 Å². The van der Waals surface area contributed by atoms with E-state index in [1.54, 1.807) is 0 Å². The minimum Gasteiger partial charge on any atom is -0.373 e. The topological polar surface area (TPSA) is 12.5 Å². The van der Waals surface area contributed by atoms with Crippen LogP contribution in [0.3, 0.4) is 0 Å². The molecular formula is C10H18O. The van der Waals surface area contributed by atoms with Crippen molar-refractivity contribution in [3.63, 3.8) is 0 Å². The SMILES string of the molecule is CC1(C)CCCC([C@H]2CO2)C1. The summed E-state index contributed by atoms with van der Waals surface area (Å²) in [4.78, 5) is 0. The van der Waals surface area contributed by atoms with Crippen LogP contribution >= 0.6 is 0 Å². The van der Waals surface area contributed by atoms with Crippen LogP contribution in [0, 0.1) is 11.3 Å². The van der Waals surface area contributed by atoms with Gasteiger partial charge < -0.3 is 4.74 Å². The van der Waals surface area contributed by atoms with E-state index in [9.17, 15) is 0 Å². The zero-order valence-electron chi connectivity index (χ0n) is 7.60. The predicted octanol–water partition coefficient (Wildman–Crippen LogP) is 2.60. The molecule has 0 radical (unpaired) electrons. The third-order valence-corrected chi connectivity index (χ3v) is 3.13. The lowest BCUT2D eigenvalue weighted by Gasteiger charge is -2.34. The Bertz CT molecular complexity index is 147. The first kappa shape index (κ1) is 7.60. The monoisotopic (exact) mass is 154 g/mol. The fraction of sp³-hybridized carbons (Fsp3) is 1.00. The summed E-state index contributed by atoms with van der Waals surface area (Å²) in [5.41, 5.74) is 0.592. The number of hydrogen-bond acceptors (Lipinski definition) is 1. The molecule has 1 saturated heterocycles. The van der Waals surface area contributed by atoms with Gasteiger partial charge in [0.2, 0.25) is 0 Å². The van der Waals surface area contributed by atoms with Crippen molar-refractivity contribution in [2.75, 3.05) is 6.61 Å². The van der Waals surface area contributed by atoms with Crippen LogP contribution in [0.25, 0.3) is 0 Å². The van der Waals surface area contributed by atoms with Crippen molar-refractivity contribution in [2.45, 2.75) is 45.6 Å². The van der Waals surface area contributed by atoms with Crippen LogP contribution in [0.2, 0.25) is 0 Å². The molecule has 1 heteroatoms. The standard InChI is InChI=1S/C10H18O/c1-10(2)5-3-4-8(6-10)9-7-11-9/h8-9H,3-7H2,1-2H3/t8?,9-/m1/s1. The van der Waals surface area contributed by atoms with Crippen LogP contribution in [0.15, 0.2) is 0 Å². The summed E-state index contributed by atoms with van der Waals surface area (Å²) in [6.07, 6.45) is 6.27. The van der Waals surface area contributed by atoms with Gasteiger partial charge in [0.15, 0.2) is 0 Å². The Morgan fingerprint density at radius 2 is 2.09 bits per heavy atom. The van der Waals surface area contributed by atoms with E-state index in [2.05, 4.69) is 13.8 Å². The van der Waals surface area contributed by atoms with E-state index >= 15 is 0 Å². The molecule has 0 spiro atoms. The third kappa shape index (κ3) is 1.76. The Kier molecular flexibility index (Phi) is 1.71. The summed E-state index contributed by atoms with van der Waals surface area (Å²) in [6, 6.07) is 0. The van der Waals surface area contributed by atoms with Crippen LogP contribution < -0.4 is 0 Å². The zero-order chi connectivity index (χ0) is 7.90. The Hall–Kier alpha value is -0.0400. The van der Waals surface area contributed by atoms with Crippen molar-refractivity contribution in [3.05, 3.63) is 0 Å². The van der Waals surface area contributed by atoms with Crippen molar-refractivity contribution >= 4 is 0 Å². The molecule has 1 heterocycles. The van der Waals surface area contributed by atoms with E-state index in [1.165, 1.54) is 25.7 Å². The van der Waals surface area contributed by atoms with Crippen LogP contribution in [0.1, 0.15) is 39.5 Å². The lowest BCUT2D eigenvalue weighted by Crippen LogP contribution is -2.25. The molecule has 0 aromatic carbocycles. The fourth-order valence-electron chi connectivity index (χ4n) is 2.40. The zero-order valence-corrected chi connectivity index (χ0v) is 7.60.